The number of rotatable bonds is 3. The minimum absolute atomic E-state index is 0.181. The van der Waals surface area contributed by atoms with E-state index in [2.05, 4.69) is 5.10 Å². The molecule has 0 saturated heterocycles. The molecular weight excluding hydrogens is 152 g/mol. The Labute approximate surface area is 72.4 Å². The first-order chi connectivity index (χ1) is 5.69. The molecule has 0 amide bonds. The summed E-state index contributed by atoms with van der Waals surface area (Å²) in [5.41, 5.74) is 1.69. The van der Waals surface area contributed by atoms with Gasteiger partial charge in [-0.15, -0.1) is 0 Å². The van der Waals surface area contributed by atoms with Gasteiger partial charge in [0.15, 0.2) is 5.78 Å². The van der Waals surface area contributed by atoms with Crippen LogP contribution < -0.4 is 0 Å². The topological polar surface area (TPSA) is 34.9 Å². The minimum atomic E-state index is 0.181. The number of hydrogen-bond acceptors (Lipinski definition) is 2. The van der Waals surface area contributed by atoms with Gasteiger partial charge in [-0.05, 0) is 6.42 Å². The van der Waals surface area contributed by atoms with Crippen LogP contribution in [0.4, 0.5) is 0 Å². The van der Waals surface area contributed by atoms with Crippen LogP contribution in [0, 0.1) is 0 Å². The van der Waals surface area contributed by atoms with Gasteiger partial charge >= 0.3 is 0 Å². The summed E-state index contributed by atoms with van der Waals surface area (Å²) in [6.07, 6.45) is 3.17. The summed E-state index contributed by atoms with van der Waals surface area (Å²) in [5.74, 6) is 0.181. The summed E-state index contributed by atoms with van der Waals surface area (Å²) >= 11 is 0. The van der Waals surface area contributed by atoms with Gasteiger partial charge in [-0.25, -0.2) is 0 Å². The van der Waals surface area contributed by atoms with Crippen molar-refractivity contribution in [1.29, 1.82) is 0 Å². The Balaban J connectivity index is 3.04. The Morgan fingerprint density at radius 1 is 1.58 bits per heavy atom. The molecule has 0 radical (unpaired) electrons. The molecule has 66 valence electrons. The van der Waals surface area contributed by atoms with E-state index in [4.69, 9.17) is 0 Å². The third-order valence-corrected chi connectivity index (χ3v) is 1.86. The van der Waals surface area contributed by atoms with E-state index < -0.39 is 0 Å². The number of aromatic nitrogens is 2. The van der Waals surface area contributed by atoms with Crippen molar-refractivity contribution in [2.75, 3.05) is 0 Å². The highest BCUT2D eigenvalue weighted by atomic mass is 16.1. The van der Waals surface area contributed by atoms with Crippen LogP contribution in [-0.2, 0) is 13.5 Å². The lowest BCUT2D eigenvalue weighted by Gasteiger charge is -1.93. The molecule has 1 heterocycles. The highest BCUT2D eigenvalue weighted by Gasteiger charge is 2.11. The highest BCUT2D eigenvalue weighted by molar-refractivity contribution is 5.96. The molecule has 1 rings (SSSR count). The largest absolute Gasteiger partial charge is 0.294 e. The standard InChI is InChI=1S/C9H14N2O/c1-4-8-7(9(12)5-2)6-11(3)10-8/h6H,4-5H2,1-3H3. The van der Waals surface area contributed by atoms with Crippen molar-refractivity contribution in [3.05, 3.63) is 17.5 Å². The maximum absolute atomic E-state index is 11.4. The van der Waals surface area contributed by atoms with E-state index in [1.807, 2.05) is 20.9 Å². The zero-order valence-electron chi connectivity index (χ0n) is 7.79. The van der Waals surface area contributed by atoms with E-state index in [1.165, 1.54) is 0 Å². The van der Waals surface area contributed by atoms with Gasteiger partial charge in [-0.1, -0.05) is 13.8 Å². The lowest BCUT2D eigenvalue weighted by Crippen LogP contribution is -1.98. The molecule has 0 bridgehead atoms. The maximum Gasteiger partial charge on any atom is 0.166 e. The zero-order chi connectivity index (χ0) is 9.14. The van der Waals surface area contributed by atoms with Crippen molar-refractivity contribution < 1.29 is 4.79 Å². The number of nitrogens with zero attached hydrogens (tertiary/aromatic N) is 2. The fraction of sp³-hybridized carbons (Fsp3) is 0.556. The average molecular weight is 166 g/mol. The van der Waals surface area contributed by atoms with Crippen LogP contribution in [0.3, 0.4) is 0 Å². The number of carbonyl (C=O) groups is 1. The minimum Gasteiger partial charge on any atom is -0.294 e. The summed E-state index contributed by atoms with van der Waals surface area (Å²) < 4.78 is 1.70. The fourth-order valence-corrected chi connectivity index (χ4v) is 1.22. The lowest BCUT2D eigenvalue weighted by molar-refractivity contribution is 0.0987. The van der Waals surface area contributed by atoms with Crippen molar-refractivity contribution in [2.24, 2.45) is 7.05 Å². The van der Waals surface area contributed by atoms with Gasteiger partial charge in [-0.2, -0.15) is 5.10 Å². The van der Waals surface area contributed by atoms with Crippen molar-refractivity contribution in [2.45, 2.75) is 26.7 Å². The number of ketones is 1. The number of Topliss-reactive ketones (excluding diaryl/α,β-unsaturated/α-hetero) is 1. The lowest BCUT2D eigenvalue weighted by atomic mass is 10.1. The van der Waals surface area contributed by atoms with Crippen LogP contribution in [0.1, 0.15) is 36.3 Å². The van der Waals surface area contributed by atoms with Gasteiger partial charge < -0.3 is 0 Å². The van der Waals surface area contributed by atoms with Crippen molar-refractivity contribution in [1.82, 2.24) is 9.78 Å². The molecule has 0 saturated carbocycles. The first-order valence-corrected chi connectivity index (χ1v) is 4.24. The van der Waals surface area contributed by atoms with E-state index in [9.17, 15) is 4.79 Å². The second-order valence-electron chi connectivity index (χ2n) is 2.79. The molecule has 0 unspecified atom stereocenters. The van der Waals surface area contributed by atoms with Crippen molar-refractivity contribution in [3.8, 4) is 0 Å². The SMILES string of the molecule is CCC(=O)c1cn(C)nc1CC. The fourth-order valence-electron chi connectivity index (χ4n) is 1.22. The van der Waals surface area contributed by atoms with Gasteiger partial charge in [0.2, 0.25) is 0 Å². The number of aryl methyl sites for hydroxylation is 2. The van der Waals surface area contributed by atoms with Crippen LogP contribution in [0.2, 0.25) is 0 Å². The van der Waals surface area contributed by atoms with E-state index >= 15 is 0 Å². The molecule has 0 aromatic carbocycles. The number of hydrogen-bond donors (Lipinski definition) is 0. The molecule has 0 atom stereocenters. The van der Waals surface area contributed by atoms with E-state index in [0.717, 1.165) is 17.7 Å². The molecule has 3 heteroatoms. The second kappa shape index (κ2) is 3.52. The van der Waals surface area contributed by atoms with E-state index in [1.54, 1.807) is 10.9 Å². The molecule has 0 aliphatic heterocycles. The molecule has 1 aromatic heterocycles. The third-order valence-electron chi connectivity index (χ3n) is 1.86. The molecule has 0 spiro atoms. The van der Waals surface area contributed by atoms with Gasteiger partial charge in [-0.3, -0.25) is 9.48 Å². The van der Waals surface area contributed by atoms with Crippen LogP contribution in [0.15, 0.2) is 6.20 Å². The molecule has 12 heavy (non-hydrogen) atoms. The summed E-state index contributed by atoms with van der Waals surface area (Å²) in [6.45, 7) is 3.88. The van der Waals surface area contributed by atoms with Gasteiger partial charge in [0.05, 0.1) is 11.3 Å². The molecule has 1 aromatic rings. The Kier molecular flexibility index (Phi) is 2.63. The van der Waals surface area contributed by atoms with Crippen LogP contribution >= 0.6 is 0 Å². The second-order valence-corrected chi connectivity index (χ2v) is 2.79. The quantitative estimate of drug-likeness (QED) is 0.639. The molecule has 0 aliphatic rings. The monoisotopic (exact) mass is 166 g/mol. The molecular formula is C9H14N2O. The summed E-state index contributed by atoms with van der Waals surface area (Å²) in [4.78, 5) is 11.4. The summed E-state index contributed by atoms with van der Waals surface area (Å²) in [6, 6.07) is 0. The van der Waals surface area contributed by atoms with Gasteiger partial charge in [0.25, 0.3) is 0 Å². The predicted molar refractivity (Wildman–Crippen MR) is 47.2 cm³/mol. The Bertz CT molecular complexity index is 289. The normalized spacial score (nSPS) is 10.2. The molecule has 3 nitrogen and oxygen atoms in total. The Morgan fingerprint density at radius 3 is 2.75 bits per heavy atom. The first kappa shape index (κ1) is 8.97. The highest BCUT2D eigenvalue weighted by Crippen LogP contribution is 2.09. The maximum atomic E-state index is 11.4. The van der Waals surface area contributed by atoms with Crippen molar-refractivity contribution >= 4 is 5.78 Å². The summed E-state index contributed by atoms with van der Waals surface area (Å²) in [7, 11) is 1.84. The average Bonchev–Trinajstić information content (AvgIpc) is 2.45. The first-order valence-electron chi connectivity index (χ1n) is 4.24. The van der Waals surface area contributed by atoms with Gasteiger partial charge in [0.1, 0.15) is 0 Å². The van der Waals surface area contributed by atoms with Crippen LogP contribution in [0.5, 0.6) is 0 Å². The zero-order valence-corrected chi connectivity index (χ0v) is 7.79. The van der Waals surface area contributed by atoms with Crippen LogP contribution in [-0.4, -0.2) is 15.6 Å². The third kappa shape index (κ3) is 1.55. The summed E-state index contributed by atoms with van der Waals surface area (Å²) in [5, 5.41) is 4.19. The molecule has 0 fully saturated rings. The molecule has 0 aliphatic carbocycles. The Hall–Kier alpha value is -1.12. The molecule has 0 N–H and O–H groups in total. The Morgan fingerprint density at radius 2 is 2.25 bits per heavy atom. The van der Waals surface area contributed by atoms with Crippen LogP contribution in [0.25, 0.3) is 0 Å². The van der Waals surface area contributed by atoms with Crippen molar-refractivity contribution in [3.63, 3.8) is 0 Å². The number of carbonyl (C=O) groups excluding carboxylic acids is 1. The van der Waals surface area contributed by atoms with E-state index in [-0.39, 0.29) is 5.78 Å². The van der Waals surface area contributed by atoms with E-state index in [0.29, 0.717) is 6.42 Å². The van der Waals surface area contributed by atoms with Gasteiger partial charge in [0, 0.05) is 19.7 Å². The predicted octanol–water partition coefficient (Wildman–Crippen LogP) is 1.58. The smallest absolute Gasteiger partial charge is 0.166 e.